The summed E-state index contributed by atoms with van der Waals surface area (Å²) in [5.41, 5.74) is 5.84. The van der Waals surface area contributed by atoms with E-state index >= 15 is 0 Å². The molecule has 0 saturated carbocycles. The fourth-order valence-electron chi connectivity index (χ4n) is 3.87. The van der Waals surface area contributed by atoms with E-state index in [1.165, 1.54) is 23.3 Å². The molecule has 0 spiro atoms. The summed E-state index contributed by atoms with van der Waals surface area (Å²) >= 11 is 1.63. The Hall–Kier alpha value is -3.06. The van der Waals surface area contributed by atoms with Gasteiger partial charge in [0, 0.05) is 28.2 Å². The van der Waals surface area contributed by atoms with E-state index in [-0.39, 0.29) is 5.91 Å². The summed E-state index contributed by atoms with van der Waals surface area (Å²) in [5.74, 6) is -0.0143. The van der Waals surface area contributed by atoms with E-state index in [4.69, 9.17) is 0 Å². The normalized spacial score (nSPS) is 13.4. The zero-order valence-electron chi connectivity index (χ0n) is 16.2. The molecule has 29 heavy (non-hydrogen) atoms. The van der Waals surface area contributed by atoms with Gasteiger partial charge in [-0.05, 0) is 61.9 Å². The molecule has 1 aliphatic rings. The van der Waals surface area contributed by atoms with Crippen LogP contribution in [0.25, 0.3) is 22.3 Å². The van der Waals surface area contributed by atoms with Crippen molar-refractivity contribution >= 4 is 28.3 Å². The van der Waals surface area contributed by atoms with Gasteiger partial charge in [0.15, 0.2) is 0 Å². The van der Waals surface area contributed by atoms with Gasteiger partial charge in [0.2, 0.25) is 0 Å². The summed E-state index contributed by atoms with van der Waals surface area (Å²) < 4.78 is 0. The van der Waals surface area contributed by atoms with Gasteiger partial charge in [0.1, 0.15) is 12.0 Å². The van der Waals surface area contributed by atoms with Crippen molar-refractivity contribution in [2.24, 2.45) is 0 Å². The molecule has 4 heterocycles. The number of pyridine rings is 1. The smallest absolute Gasteiger partial charge is 0.261 e. The van der Waals surface area contributed by atoms with Crippen LogP contribution in [0.5, 0.6) is 0 Å². The Labute approximate surface area is 172 Å². The van der Waals surface area contributed by atoms with Crippen molar-refractivity contribution in [1.82, 2.24) is 25.3 Å². The van der Waals surface area contributed by atoms with E-state index in [0.29, 0.717) is 6.54 Å². The van der Waals surface area contributed by atoms with Crippen molar-refractivity contribution in [3.63, 3.8) is 0 Å². The second-order valence-electron chi connectivity index (χ2n) is 7.40. The number of aromatic nitrogens is 4. The number of hydrogen-bond acceptors (Lipinski definition) is 5. The fourth-order valence-corrected chi connectivity index (χ4v) is 5.04. The molecular weight excluding hydrogens is 382 g/mol. The first-order valence-electron chi connectivity index (χ1n) is 9.83. The molecule has 0 aromatic carbocycles. The number of aryl methyl sites for hydroxylation is 3. The Kier molecular flexibility index (Phi) is 4.60. The molecule has 4 aromatic rings. The topological polar surface area (TPSA) is 83.6 Å². The quantitative estimate of drug-likeness (QED) is 0.535. The first-order chi connectivity index (χ1) is 14.2. The minimum Gasteiger partial charge on any atom is -0.346 e. The summed E-state index contributed by atoms with van der Waals surface area (Å²) in [6.07, 6.45) is 9.87. The summed E-state index contributed by atoms with van der Waals surface area (Å²) in [7, 11) is 0. The highest BCUT2D eigenvalue weighted by Crippen LogP contribution is 2.30. The average Bonchev–Trinajstić information content (AvgIpc) is 3.39. The number of thiophene rings is 1. The Morgan fingerprint density at radius 3 is 2.97 bits per heavy atom. The molecule has 0 radical (unpaired) electrons. The van der Waals surface area contributed by atoms with Gasteiger partial charge in [-0.1, -0.05) is 0 Å². The molecular formula is C22H21N5OS. The fraction of sp³-hybridized carbons (Fsp3) is 0.273. The Morgan fingerprint density at radius 1 is 1.21 bits per heavy atom. The first-order valence-corrected chi connectivity index (χ1v) is 10.6. The molecule has 1 aliphatic carbocycles. The van der Waals surface area contributed by atoms with Crippen LogP contribution >= 0.6 is 11.3 Å². The number of carbonyl (C=O) groups is 1. The lowest BCUT2D eigenvalue weighted by atomic mass is 9.99. The number of nitrogens with zero attached hydrogens (tertiary/aromatic N) is 3. The van der Waals surface area contributed by atoms with Crippen molar-refractivity contribution in [1.29, 1.82) is 0 Å². The van der Waals surface area contributed by atoms with Crippen molar-refractivity contribution in [3.8, 4) is 11.3 Å². The van der Waals surface area contributed by atoms with E-state index in [2.05, 4.69) is 37.4 Å². The molecule has 0 fully saturated rings. The minimum absolute atomic E-state index is 0.0143. The van der Waals surface area contributed by atoms with Gasteiger partial charge in [-0.15, -0.1) is 11.3 Å². The van der Waals surface area contributed by atoms with Crippen LogP contribution in [-0.2, 0) is 19.4 Å². The van der Waals surface area contributed by atoms with Gasteiger partial charge >= 0.3 is 0 Å². The number of nitrogens with one attached hydrogen (secondary N) is 2. The standard InChI is InChI=1S/C22H21N5OS/c1-13-8-15(20-16-6-7-23-21(16)27-12-26-20)10-24-17(13)11-25-22(28)19-9-14-4-2-3-5-18(14)29-19/h6-10,12H,2-5,11H2,1H3,(H,25,28)(H,23,26,27). The lowest BCUT2D eigenvalue weighted by molar-refractivity contribution is 0.0954. The van der Waals surface area contributed by atoms with E-state index in [9.17, 15) is 4.79 Å². The maximum absolute atomic E-state index is 12.6. The van der Waals surface area contributed by atoms with Crippen LogP contribution in [0.15, 0.2) is 36.9 Å². The predicted octanol–water partition coefficient (Wildman–Crippen LogP) is 4.20. The molecule has 2 N–H and O–H groups in total. The van der Waals surface area contributed by atoms with Crippen molar-refractivity contribution in [2.75, 3.05) is 0 Å². The van der Waals surface area contributed by atoms with Crippen LogP contribution < -0.4 is 5.32 Å². The zero-order valence-corrected chi connectivity index (χ0v) is 17.0. The summed E-state index contributed by atoms with van der Waals surface area (Å²) in [5, 5.41) is 4.00. The molecule has 7 heteroatoms. The second kappa shape index (κ2) is 7.40. The maximum atomic E-state index is 12.6. The summed E-state index contributed by atoms with van der Waals surface area (Å²) in [6.45, 7) is 2.42. The van der Waals surface area contributed by atoms with E-state index in [1.807, 2.05) is 25.4 Å². The number of rotatable bonds is 4. The molecule has 6 nitrogen and oxygen atoms in total. The molecule has 146 valence electrons. The number of carbonyl (C=O) groups excluding carboxylic acids is 1. The van der Waals surface area contributed by atoms with Crippen molar-refractivity contribution in [3.05, 3.63) is 63.5 Å². The van der Waals surface area contributed by atoms with Crippen LogP contribution in [0.3, 0.4) is 0 Å². The van der Waals surface area contributed by atoms with Crippen LogP contribution in [0.4, 0.5) is 0 Å². The van der Waals surface area contributed by atoms with Gasteiger partial charge in [-0.2, -0.15) is 0 Å². The Morgan fingerprint density at radius 2 is 2.10 bits per heavy atom. The molecule has 0 bridgehead atoms. The predicted molar refractivity (Wildman–Crippen MR) is 114 cm³/mol. The van der Waals surface area contributed by atoms with Gasteiger partial charge < -0.3 is 10.3 Å². The van der Waals surface area contributed by atoms with Crippen molar-refractivity contribution < 1.29 is 4.79 Å². The number of aromatic amines is 1. The Bertz CT molecular complexity index is 1190. The molecule has 0 saturated heterocycles. The van der Waals surface area contributed by atoms with Gasteiger partial charge in [0.05, 0.1) is 22.8 Å². The van der Waals surface area contributed by atoms with Crippen LogP contribution in [0.1, 0.15) is 44.2 Å². The van der Waals surface area contributed by atoms with Crippen LogP contribution in [0.2, 0.25) is 0 Å². The van der Waals surface area contributed by atoms with Crippen LogP contribution in [-0.4, -0.2) is 25.8 Å². The molecule has 4 aromatic heterocycles. The van der Waals surface area contributed by atoms with Crippen molar-refractivity contribution in [2.45, 2.75) is 39.2 Å². The molecule has 1 amide bonds. The maximum Gasteiger partial charge on any atom is 0.261 e. The lowest BCUT2D eigenvalue weighted by Gasteiger charge is -2.09. The third-order valence-electron chi connectivity index (χ3n) is 5.45. The van der Waals surface area contributed by atoms with E-state index in [0.717, 1.165) is 51.3 Å². The number of fused-ring (bicyclic) bond motifs is 2. The van der Waals surface area contributed by atoms with E-state index < -0.39 is 0 Å². The van der Waals surface area contributed by atoms with Gasteiger partial charge in [-0.3, -0.25) is 9.78 Å². The summed E-state index contributed by atoms with van der Waals surface area (Å²) in [6, 6.07) is 6.09. The molecule has 0 atom stereocenters. The SMILES string of the molecule is Cc1cc(-c2ncnc3[nH]ccc23)cnc1CNC(=O)c1cc2c(s1)CCCC2. The summed E-state index contributed by atoms with van der Waals surface area (Å²) in [4.78, 5) is 31.1. The Balaban J connectivity index is 1.33. The van der Waals surface area contributed by atoms with E-state index in [1.54, 1.807) is 17.7 Å². The number of H-pyrrole nitrogens is 1. The highest BCUT2D eigenvalue weighted by atomic mass is 32.1. The highest BCUT2D eigenvalue weighted by molar-refractivity contribution is 7.14. The van der Waals surface area contributed by atoms with Gasteiger partial charge in [0.25, 0.3) is 5.91 Å². The number of hydrogen-bond donors (Lipinski definition) is 2. The molecule has 0 unspecified atom stereocenters. The number of amides is 1. The lowest BCUT2D eigenvalue weighted by Crippen LogP contribution is -2.23. The first kappa shape index (κ1) is 18.0. The largest absolute Gasteiger partial charge is 0.346 e. The monoisotopic (exact) mass is 403 g/mol. The minimum atomic E-state index is -0.0143. The molecule has 5 rings (SSSR count). The highest BCUT2D eigenvalue weighted by Gasteiger charge is 2.17. The third-order valence-corrected chi connectivity index (χ3v) is 6.69. The second-order valence-corrected chi connectivity index (χ2v) is 8.54. The molecule has 0 aliphatic heterocycles. The zero-order chi connectivity index (χ0) is 19.8. The van der Waals surface area contributed by atoms with Crippen LogP contribution in [0, 0.1) is 6.92 Å². The average molecular weight is 404 g/mol. The van der Waals surface area contributed by atoms with Gasteiger partial charge in [-0.25, -0.2) is 9.97 Å². The third kappa shape index (κ3) is 3.42.